The Morgan fingerprint density at radius 1 is 1.53 bits per heavy atom. The van der Waals surface area contributed by atoms with E-state index in [1.807, 2.05) is 20.8 Å². The first kappa shape index (κ1) is 14.2. The summed E-state index contributed by atoms with van der Waals surface area (Å²) >= 11 is 0. The summed E-state index contributed by atoms with van der Waals surface area (Å²) in [6, 6.07) is 0. The molecule has 1 heterocycles. The highest BCUT2D eigenvalue weighted by Gasteiger charge is 2.43. The zero-order chi connectivity index (χ0) is 13.1. The molecule has 0 spiro atoms. The lowest BCUT2D eigenvalue weighted by Gasteiger charge is -2.34. The van der Waals surface area contributed by atoms with Crippen LogP contribution in [0.15, 0.2) is 0 Å². The topological polar surface area (TPSA) is 82.8 Å². The van der Waals surface area contributed by atoms with Crippen LogP contribution in [-0.2, 0) is 14.3 Å². The van der Waals surface area contributed by atoms with Crippen LogP contribution in [0.5, 0.6) is 0 Å². The fourth-order valence-corrected chi connectivity index (χ4v) is 1.74. The monoisotopic (exact) mass is 246 g/mol. The van der Waals surface area contributed by atoms with E-state index in [-0.39, 0.29) is 6.10 Å². The number of amides is 1. The molecule has 0 radical (unpaired) electrons. The van der Waals surface area contributed by atoms with Crippen LogP contribution in [0.25, 0.3) is 0 Å². The molecule has 1 saturated heterocycles. The normalized spacial score (nSPS) is 26.6. The Morgan fingerprint density at radius 3 is 2.59 bits per heavy atom. The number of carbonyl (C=O) groups is 1. The van der Waals surface area contributed by atoms with Crippen molar-refractivity contribution in [2.45, 2.75) is 51.4 Å². The van der Waals surface area contributed by atoms with Crippen molar-refractivity contribution >= 4 is 6.09 Å². The summed E-state index contributed by atoms with van der Waals surface area (Å²) in [5, 5.41) is 2.81. The fraction of sp³-hybridized carbons (Fsp3) is 0.909. The molecular formula is C11H22N2O4. The lowest BCUT2D eigenvalue weighted by Crippen LogP contribution is -2.58. The van der Waals surface area contributed by atoms with Gasteiger partial charge in [-0.05, 0) is 34.1 Å². The van der Waals surface area contributed by atoms with Crippen molar-refractivity contribution in [1.82, 2.24) is 5.32 Å². The Morgan fingerprint density at radius 2 is 2.18 bits per heavy atom. The summed E-state index contributed by atoms with van der Waals surface area (Å²) in [6.45, 7) is 8.19. The van der Waals surface area contributed by atoms with E-state index >= 15 is 0 Å². The molecule has 0 bridgehead atoms. The highest BCUT2D eigenvalue weighted by Crippen LogP contribution is 2.24. The molecule has 3 N–H and O–H groups in total. The Labute approximate surface area is 102 Å². The maximum absolute atomic E-state index is 11.8. The van der Waals surface area contributed by atoms with E-state index in [1.54, 1.807) is 6.92 Å². The van der Waals surface area contributed by atoms with Gasteiger partial charge in [-0.3, -0.25) is 4.84 Å². The van der Waals surface area contributed by atoms with Gasteiger partial charge in [0, 0.05) is 6.61 Å². The minimum Gasteiger partial charge on any atom is -0.444 e. The maximum atomic E-state index is 11.8. The van der Waals surface area contributed by atoms with Crippen molar-refractivity contribution in [1.29, 1.82) is 0 Å². The maximum Gasteiger partial charge on any atom is 0.408 e. The van der Waals surface area contributed by atoms with Gasteiger partial charge in [0.15, 0.2) is 0 Å². The second-order valence-corrected chi connectivity index (χ2v) is 5.36. The Balaban J connectivity index is 2.65. The second-order valence-electron chi connectivity index (χ2n) is 5.36. The molecule has 0 aromatic carbocycles. The number of rotatable bonds is 3. The van der Waals surface area contributed by atoms with Crippen LogP contribution in [0.3, 0.4) is 0 Å². The van der Waals surface area contributed by atoms with E-state index in [9.17, 15) is 4.79 Å². The van der Waals surface area contributed by atoms with E-state index in [4.69, 9.17) is 20.2 Å². The SMILES string of the molecule is CC(ON)C1(NC(=O)OC(C)(C)C)CCOC1. The molecule has 0 saturated carbocycles. The molecule has 2 atom stereocenters. The van der Waals surface area contributed by atoms with Gasteiger partial charge < -0.3 is 14.8 Å². The van der Waals surface area contributed by atoms with Gasteiger partial charge in [-0.1, -0.05) is 0 Å². The third kappa shape index (κ3) is 3.83. The zero-order valence-corrected chi connectivity index (χ0v) is 10.9. The summed E-state index contributed by atoms with van der Waals surface area (Å²) in [5.74, 6) is 5.19. The summed E-state index contributed by atoms with van der Waals surface area (Å²) in [6.07, 6.45) is -0.158. The molecule has 6 heteroatoms. The van der Waals surface area contributed by atoms with Gasteiger partial charge in [0.05, 0.1) is 12.1 Å². The van der Waals surface area contributed by atoms with E-state index in [0.717, 1.165) is 0 Å². The smallest absolute Gasteiger partial charge is 0.408 e. The summed E-state index contributed by atoms with van der Waals surface area (Å²) in [4.78, 5) is 16.6. The lowest BCUT2D eigenvalue weighted by atomic mass is 9.92. The van der Waals surface area contributed by atoms with Crippen LogP contribution in [0, 0.1) is 0 Å². The van der Waals surface area contributed by atoms with Crippen LogP contribution in [-0.4, -0.2) is 36.6 Å². The largest absolute Gasteiger partial charge is 0.444 e. The van der Waals surface area contributed by atoms with Gasteiger partial charge in [0.1, 0.15) is 11.7 Å². The van der Waals surface area contributed by atoms with Crippen molar-refractivity contribution in [2.24, 2.45) is 5.90 Å². The molecule has 0 aromatic heterocycles. The van der Waals surface area contributed by atoms with E-state index in [2.05, 4.69) is 5.32 Å². The number of alkyl carbamates (subject to hydrolysis) is 1. The minimum absolute atomic E-state index is 0.336. The summed E-state index contributed by atoms with van der Waals surface area (Å²) < 4.78 is 10.5. The minimum atomic E-state index is -0.600. The summed E-state index contributed by atoms with van der Waals surface area (Å²) in [7, 11) is 0. The Hall–Kier alpha value is -0.850. The molecule has 100 valence electrons. The molecular weight excluding hydrogens is 224 g/mol. The van der Waals surface area contributed by atoms with Gasteiger partial charge in [0.25, 0.3) is 0 Å². The number of ether oxygens (including phenoxy) is 2. The number of nitrogens with one attached hydrogen (secondary N) is 1. The van der Waals surface area contributed by atoms with Crippen LogP contribution < -0.4 is 11.2 Å². The van der Waals surface area contributed by atoms with Crippen LogP contribution in [0.4, 0.5) is 4.79 Å². The highest BCUT2D eigenvalue weighted by molar-refractivity contribution is 5.69. The first-order valence-corrected chi connectivity index (χ1v) is 5.73. The molecule has 2 unspecified atom stereocenters. The number of carbonyl (C=O) groups excluding carboxylic acids is 1. The Kier molecular flexibility index (Phi) is 4.35. The van der Waals surface area contributed by atoms with E-state index < -0.39 is 17.2 Å². The van der Waals surface area contributed by atoms with Crippen molar-refractivity contribution in [3.05, 3.63) is 0 Å². The predicted octanol–water partition coefficient (Wildman–Crippen LogP) is 0.949. The molecule has 1 aliphatic heterocycles. The standard InChI is InChI=1S/C11H22N2O4/c1-8(17-12)11(5-6-15-7-11)13-9(14)16-10(2,3)4/h8H,5-7,12H2,1-4H3,(H,13,14). The molecule has 1 amide bonds. The first-order valence-electron chi connectivity index (χ1n) is 5.73. The quantitative estimate of drug-likeness (QED) is 0.724. The van der Waals surface area contributed by atoms with Crippen molar-refractivity contribution in [3.8, 4) is 0 Å². The van der Waals surface area contributed by atoms with Crippen molar-refractivity contribution < 1.29 is 19.1 Å². The third-order valence-electron chi connectivity index (χ3n) is 2.78. The van der Waals surface area contributed by atoms with Gasteiger partial charge in [-0.2, -0.15) is 0 Å². The number of hydrogen-bond donors (Lipinski definition) is 2. The predicted molar refractivity (Wildman–Crippen MR) is 62.3 cm³/mol. The second kappa shape index (κ2) is 5.20. The highest BCUT2D eigenvalue weighted by atomic mass is 16.6. The van der Waals surface area contributed by atoms with Crippen LogP contribution >= 0.6 is 0 Å². The average Bonchev–Trinajstić information content (AvgIpc) is 2.63. The molecule has 1 aliphatic rings. The molecule has 17 heavy (non-hydrogen) atoms. The zero-order valence-electron chi connectivity index (χ0n) is 10.9. The molecule has 6 nitrogen and oxygen atoms in total. The molecule has 1 fully saturated rings. The molecule has 1 rings (SSSR count). The Bertz CT molecular complexity index is 269. The number of hydrogen-bond acceptors (Lipinski definition) is 5. The van der Waals surface area contributed by atoms with Crippen molar-refractivity contribution in [3.63, 3.8) is 0 Å². The molecule has 0 aromatic rings. The fourth-order valence-electron chi connectivity index (χ4n) is 1.74. The van der Waals surface area contributed by atoms with Gasteiger partial charge in [0.2, 0.25) is 0 Å². The van der Waals surface area contributed by atoms with Gasteiger partial charge in [-0.15, -0.1) is 0 Å². The van der Waals surface area contributed by atoms with Gasteiger partial charge in [-0.25, -0.2) is 10.7 Å². The van der Waals surface area contributed by atoms with E-state index in [0.29, 0.717) is 19.6 Å². The van der Waals surface area contributed by atoms with Crippen molar-refractivity contribution in [2.75, 3.05) is 13.2 Å². The molecule has 0 aliphatic carbocycles. The van der Waals surface area contributed by atoms with Gasteiger partial charge >= 0.3 is 6.09 Å². The third-order valence-corrected chi connectivity index (χ3v) is 2.78. The van der Waals surface area contributed by atoms with Crippen LogP contribution in [0.1, 0.15) is 34.1 Å². The first-order chi connectivity index (χ1) is 7.79. The van der Waals surface area contributed by atoms with E-state index in [1.165, 1.54) is 0 Å². The number of nitrogens with two attached hydrogens (primary N) is 1. The van der Waals surface area contributed by atoms with Crippen LogP contribution in [0.2, 0.25) is 0 Å². The average molecular weight is 246 g/mol. The lowest BCUT2D eigenvalue weighted by molar-refractivity contribution is -0.0177. The summed E-state index contributed by atoms with van der Waals surface area (Å²) in [5.41, 5.74) is -1.13.